The van der Waals surface area contributed by atoms with Gasteiger partial charge in [0.25, 0.3) is 0 Å². The van der Waals surface area contributed by atoms with E-state index in [1.54, 1.807) is 0 Å². The number of carbonyl (C=O) groups excluding carboxylic acids is 1. The molecule has 3 nitrogen and oxygen atoms in total. The van der Waals surface area contributed by atoms with Crippen LogP contribution in [0.5, 0.6) is 0 Å². The highest BCUT2D eigenvalue weighted by molar-refractivity contribution is 5.83. The average Bonchev–Trinajstić information content (AvgIpc) is 2.49. The van der Waals surface area contributed by atoms with Crippen molar-refractivity contribution in [3.05, 3.63) is 35.9 Å². The smallest absolute Gasteiger partial charge is 0.230 e. The summed E-state index contributed by atoms with van der Waals surface area (Å²) in [7, 11) is 1.98. The molecule has 2 unspecified atom stereocenters. The molecule has 3 heteroatoms. The highest BCUT2D eigenvalue weighted by atomic mass is 16.2. The highest BCUT2D eigenvalue weighted by Gasteiger charge is 2.28. The molecule has 104 valence electrons. The van der Waals surface area contributed by atoms with Crippen LogP contribution in [0.2, 0.25) is 0 Å². The summed E-state index contributed by atoms with van der Waals surface area (Å²) in [4.78, 5) is 14.7. The minimum atomic E-state index is 0.0109. The Kier molecular flexibility index (Phi) is 4.97. The van der Waals surface area contributed by atoms with Crippen molar-refractivity contribution >= 4 is 5.91 Å². The Labute approximate surface area is 116 Å². The summed E-state index contributed by atoms with van der Waals surface area (Å²) in [5.41, 5.74) is 1.14. The van der Waals surface area contributed by atoms with Crippen molar-refractivity contribution in [3.63, 3.8) is 0 Å². The Morgan fingerprint density at radius 3 is 2.79 bits per heavy atom. The van der Waals surface area contributed by atoms with Gasteiger partial charge in [0, 0.05) is 19.1 Å². The van der Waals surface area contributed by atoms with Gasteiger partial charge in [-0.25, -0.2) is 0 Å². The van der Waals surface area contributed by atoms with Gasteiger partial charge in [-0.15, -0.1) is 0 Å². The topological polar surface area (TPSA) is 32.3 Å². The monoisotopic (exact) mass is 260 g/mol. The zero-order valence-corrected chi connectivity index (χ0v) is 11.9. The minimum Gasteiger partial charge on any atom is -0.341 e. The first-order valence-electron chi connectivity index (χ1n) is 7.27. The van der Waals surface area contributed by atoms with Crippen LogP contribution in [-0.4, -0.2) is 37.0 Å². The van der Waals surface area contributed by atoms with Gasteiger partial charge < -0.3 is 10.2 Å². The Morgan fingerprint density at radius 1 is 1.42 bits per heavy atom. The molecule has 0 aliphatic carbocycles. The number of hydrogen-bond acceptors (Lipinski definition) is 2. The van der Waals surface area contributed by atoms with Crippen LogP contribution < -0.4 is 5.32 Å². The third-order valence-corrected chi connectivity index (χ3v) is 4.05. The third-order valence-electron chi connectivity index (χ3n) is 4.05. The molecule has 0 bridgehead atoms. The largest absolute Gasteiger partial charge is 0.341 e. The summed E-state index contributed by atoms with van der Waals surface area (Å²) in [6.45, 7) is 3.84. The average molecular weight is 260 g/mol. The zero-order valence-electron chi connectivity index (χ0n) is 11.9. The fraction of sp³-hybridized carbons (Fsp3) is 0.562. The van der Waals surface area contributed by atoms with Crippen LogP contribution in [0.4, 0.5) is 0 Å². The summed E-state index contributed by atoms with van der Waals surface area (Å²) in [6, 6.07) is 10.6. The normalized spacial score (nSPS) is 21.2. The summed E-state index contributed by atoms with van der Waals surface area (Å²) < 4.78 is 0. The van der Waals surface area contributed by atoms with E-state index in [0.717, 1.165) is 31.5 Å². The van der Waals surface area contributed by atoms with Gasteiger partial charge in [0.2, 0.25) is 5.91 Å². The molecule has 0 aromatic heterocycles. The van der Waals surface area contributed by atoms with Gasteiger partial charge in [-0.05, 0) is 31.9 Å². The molecular formula is C16H24N2O. The van der Waals surface area contributed by atoms with Crippen LogP contribution in [-0.2, 0) is 4.79 Å². The van der Waals surface area contributed by atoms with E-state index in [-0.39, 0.29) is 11.8 Å². The molecule has 1 saturated heterocycles. The quantitative estimate of drug-likeness (QED) is 0.901. The van der Waals surface area contributed by atoms with Crippen LogP contribution in [0, 0.1) is 0 Å². The number of likely N-dealkylation sites (N-methyl/N-ethyl adjacent to an activating group) is 1. The maximum atomic E-state index is 12.7. The summed E-state index contributed by atoms with van der Waals surface area (Å²) in [5, 5.41) is 3.29. The predicted molar refractivity (Wildman–Crippen MR) is 78.1 cm³/mol. The van der Waals surface area contributed by atoms with Crippen LogP contribution in [0.15, 0.2) is 30.3 Å². The zero-order chi connectivity index (χ0) is 13.7. The number of hydrogen-bond donors (Lipinski definition) is 1. The number of amides is 1. The van der Waals surface area contributed by atoms with Crippen LogP contribution >= 0.6 is 0 Å². The lowest BCUT2D eigenvalue weighted by Gasteiger charge is -2.34. The van der Waals surface area contributed by atoms with E-state index < -0.39 is 0 Å². The number of nitrogens with zero attached hydrogens (tertiary/aromatic N) is 1. The summed E-state index contributed by atoms with van der Waals surface area (Å²) in [5.74, 6) is 0.297. The van der Waals surface area contributed by atoms with E-state index in [4.69, 9.17) is 0 Å². The molecule has 1 aliphatic heterocycles. The van der Waals surface area contributed by atoms with Gasteiger partial charge in [-0.3, -0.25) is 4.79 Å². The Bertz CT molecular complexity index is 404. The molecular weight excluding hydrogens is 236 g/mol. The van der Waals surface area contributed by atoms with E-state index in [1.807, 2.05) is 30.1 Å². The van der Waals surface area contributed by atoms with Crippen molar-refractivity contribution in [2.75, 3.05) is 20.1 Å². The van der Waals surface area contributed by atoms with Gasteiger partial charge in [-0.1, -0.05) is 37.3 Å². The second-order valence-corrected chi connectivity index (χ2v) is 5.28. The van der Waals surface area contributed by atoms with E-state index in [0.29, 0.717) is 6.04 Å². The van der Waals surface area contributed by atoms with Crippen molar-refractivity contribution in [2.45, 2.75) is 38.1 Å². The molecule has 1 aromatic carbocycles. The molecule has 1 fully saturated rings. The lowest BCUT2D eigenvalue weighted by atomic mass is 9.93. The SMILES string of the molecule is CCC(C(=O)N1CCCC(NC)C1)c1ccccc1. The van der Waals surface area contributed by atoms with Crippen molar-refractivity contribution in [3.8, 4) is 0 Å². The maximum Gasteiger partial charge on any atom is 0.230 e. The van der Waals surface area contributed by atoms with Crippen molar-refractivity contribution in [1.82, 2.24) is 10.2 Å². The van der Waals surface area contributed by atoms with Crippen LogP contribution in [0.1, 0.15) is 37.7 Å². The third kappa shape index (κ3) is 3.35. The fourth-order valence-corrected chi connectivity index (χ4v) is 2.87. The van der Waals surface area contributed by atoms with Crippen molar-refractivity contribution in [1.29, 1.82) is 0 Å². The first-order chi connectivity index (χ1) is 9.26. The molecule has 1 aromatic rings. The highest BCUT2D eigenvalue weighted by Crippen LogP contribution is 2.23. The van der Waals surface area contributed by atoms with Gasteiger partial charge >= 0.3 is 0 Å². The van der Waals surface area contributed by atoms with Crippen LogP contribution in [0.25, 0.3) is 0 Å². The molecule has 2 rings (SSSR count). The van der Waals surface area contributed by atoms with E-state index in [9.17, 15) is 4.79 Å². The standard InChI is InChI=1S/C16H24N2O/c1-3-15(13-8-5-4-6-9-13)16(19)18-11-7-10-14(12-18)17-2/h4-6,8-9,14-15,17H,3,7,10-12H2,1-2H3. The van der Waals surface area contributed by atoms with Crippen LogP contribution in [0.3, 0.4) is 0 Å². The number of nitrogens with one attached hydrogen (secondary N) is 1. The number of benzene rings is 1. The molecule has 1 N–H and O–H groups in total. The number of carbonyl (C=O) groups is 1. The molecule has 0 radical (unpaired) electrons. The molecule has 2 atom stereocenters. The first-order valence-corrected chi connectivity index (χ1v) is 7.27. The van der Waals surface area contributed by atoms with Gasteiger partial charge in [0.05, 0.1) is 5.92 Å². The maximum absolute atomic E-state index is 12.7. The van der Waals surface area contributed by atoms with E-state index in [2.05, 4.69) is 24.4 Å². The molecule has 0 spiro atoms. The van der Waals surface area contributed by atoms with E-state index in [1.165, 1.54) is 6.42 Å². The Balaban J connectivity index is 2.08. The molecule has 1 aliphatic rings. The minimum absolute atomic E-state index is 0.0109. The molecule has 0 saturated carbocycles. The number of likely N-dealkylation sites (tertiary alicyclic amines) is 1. The first kappa shape index (κ1) is 14.1. The van der Waals surface area contributed by atoms with Gasteiger partial charge in [0.15, 0.2) is 0 Å². The molecule has 19 heavy (non-hydrogen) atoms. The second kappa shape index (κ2) is 6.71. The Hall–Kier alpha value is -1.35. The van der Waals surface area contributed by atoms with Gasteiger partial charge in [0.1, 0.15) is 0 Å². The summed E-state index contributed by atoms with van der Waals surface area (Å²) in [6.07, 6.45) is 3.13. The van der Waals surface area contributed by atoms with Gasteiger partial charge in [-0.2, -0.15) is 0 Å². The summed E-state index contributed by atoms with van der Waals surface area (Å²) >= 11 is 0. The molecule has 1 amide bonds. The molecule has 1 heterocycles. The second-order valence-electron chi connectivity index (χ2n) is 5.28. The lowest BCUT2D eigenvalue weighted by Crippen LogP contribution is -2.48. The number of piperidine rings is 1. The Morgan fingerprint density at radius 2 is 2.16 bits per heavy atom. The predicted octanol–water partition coefficient (Wildman–Crippen LogP) is 2.39. The lowest BCUT2D eigenvalue weighted by molar-refractivity contribution is -0.134. The number of rotatable bonds is 4. The fourth-order valence-electron chi connectivity index (χ4n) is 2.87. The van der Waals surface area contributed by atoms with Crippen molar-refractivity contribution in [2.24, 2.45) is 0 Å². The van der Waals surface area contributed by atoms with E-state index >= 15 is 0 Å². The van der Waals surface area contributed by atoms with Crippen molar-refractivity contribution < 1.29 is 4.79 Å².